The van der Waals surface area contributed by atoms with Gasteiger partial charge in [-0.3, -0.25) is 4.79 Å². The van der Waals surface area contributed by atoms with Crippen LogP contribution >= 0.6 is 11.8 Å². The van der Waals surface area contributed by atoms with E-state index >= 15 is 0 Å². The van der Waals surface area contributed by atoms with E-state index in [0.29, 0.717) is 17.6 Å². The second-order valence-corrected chi connectivity index (χ2v) is 7.03. The van der Waals surface area contributed by atoms with Crippen molar-refractivity contribution in [1.29, 1.82) is 0 Å². The van der Waals surface area contributed by atoms with Gasteiger partial charge >= 0.3 is 5.97 Å². The molecule has 17 heavy (non-hydrogen) atoms. The average Bonchev–Trinajstić information content (AvgIpc) is 2.61. The van der Waals surface area contributed by atoms with E-state index < -0.39 is 11.5 Å². The smallest absolute Gasteiger partial charge is 0.323 e. The van der Waals surface area contributed by atoms with E-state index in [9.17, 15) is 9.90 Å². The SMILES string of the molecule is CC(C)C(C)SCCC1CCCC1(N)C(=O)O. The first-order valence-corrected chi connectivity index (χ1v) is 7.56. The van der Waals surface area contributed by atoms with E-state index in [2.05, 4.69) is 20.8 Å². The minimum Gasteiger partial charge on any atom is -0.480 e. The second-order valence-electron chi connectivity index (χ2n) is 5.54. The van der Waals surface area contributed by atoms with E-state index in [1.54, 1.807) is 0 Å². The van der Waals surface area contributed by atoms with Gasteiger partial charge in [-0.15, -0.1) is 0 Å². The third kappa shape index (κ3) is 3.62. The number of thioether (sulfide) groups is 1. The van der Waals surface area contributed by atoms with Crippen molar-refractivity contribution in [1.82, 2.24) is 0 Å². The molecule has 3 atom stereocenters. The summed E-state index contributed by atoms with van der Waals surface area (Å²) in [6.45, 7) is 6.67. The molecule has 100 valence electrons. The summed E-state index contributed by atoms with van der Waals surface area (Å²) in [5, 5.41) is 9.84. The molecule has 0 bridgehead atoms. The lowest BCUT2D eigenvalue weighted by Crippen LogP contribution is -2.51. The first kappa shape index (κ1) is 14.8. The monoisotopic (exact) mass is 259 g/mol. The Hall–Kier alpha value is -0.220. The largest absolute Gasteiger partial charge is 0.480 e. The summed E-state index contributed by atoms with van der Waals surface area (Å²) < 4.78 is 0. The normalized spacial score (nSPS) is 30.8. The summed E-state index contributed by atoms with van der Waals surface area (Å²) >= 11 is 1.94. The molecular formula is C13H25NO2S. The molecule has 3 nitrogen and oxygen atoms in total. The Morgan fingerprint density at radius 2 is 2.18 bits per heavy atom. The maximum Gasteiger partial charge on any atom is 0.323 e. The van der Waals surface area contributed by atoms with Crippen LogP contribution in [0.3, 0.4) is 0 Å². The van der Waals surface area contributed by atoms with Gasteiger partial charge in [0.15, 0.2) is 0 Å². The molecule has 1 aliphatic carbocycles. The maximum absolute atomic E-state index is 11.2. The Bertz CT molecular complexity index is 270. The van der Waals surface area contributed by atoms with Gasteiger partial charge in [0.05, 0.1) is 0 Å². The molecule has 0 aliphatic heterocycles. The number of hydrogen-bond donors (Lipinski definition) is 2. The molecule has 0 saturated heterocycles. The van der Waals surface area contributed by atoms with Crippen LogP contribution in [0.1, 0.15) is 46.5 Å². The van der Waals surface area contributed by atoms with Crippen LogP contribution in [-0.2, 0) is 4.79 Å². The van der Waals surface area contributed by atoms with Crippen molar-refractivity contribution in [3.8, 4) is 0 Å². The molecule has 1 aliphatic rings. The zero-order valence-electron chi connectivity index (χ0n) is 11.1. The highest BCUT2D eigenvalue weighted by atomic mass is 32.2. The zero-order valence-corrected chi connectivity index (χ0v) is 11.9. The Labute approximate surface area is 109 Å². The number of carbonyl (C=O) groups is 1. The summed E-state index contributed by atoms with van der Waals surface area (Å²) in [5.41, 5.74) is 5.06. The van der Waals surface area contributed by atoms with Crippen LogP contribution in [0.25, 0.3) is 0 Å². The van der Waals surface area contributed by atoms with Gasteiger partial charge in [-0.2, -0.15) is 11.8 Å². The molecule has 0 heterocycles. The Morgan fingerprint density at radius 1 is 1.53 bits per heavy atom. The molecule has 0 amide bonds. The first-order valence-electron chi connectivity index (χ1n) is 6.51. The van der Waals surface area contributed by atoms with E-state index in [0.717, 1.165) is 25.0 Å². The summed E-state index contributed by atoms with van der Waals surface area (Å²) in [6, 6.07) is 0. The molecular weight excluding hydrogens is 234 g/mol. The lowest BCUT2D eigenvalue weighted by molar-refractivity contribution is -0.144. The first-order chi connectivity index (χ1) is 7.88. The van der Waals surface area contributed by atoms with Crippen LogP contribution in [0.5, 0.6) is 0 Å². The van der Waals surface area contributed by atoms with Gasteiger partial charge in [-0.1, -0.05) is 27.2 Å². The standard InChI is InChI=1S/C13H25NO2S/c1-9(2)10(3)17-8-6-11-5-4-7-13(11,14)12(15)16/h9-11H,4-8,14H2,1-3H3,(H,15,16). The van der Waals surface area contributed by atoms with E-state index in [1.165, 1.54) is 0 Å². The Kier molecular flexibility index (Phi) is 5.32. The fourth-order valence-electron chi connectivity index (χ4n) is 2.37. The number of hydrogen-bond acceptors (Lipinski definition) is 3. The predicted octanol–water partition coefficient (Wildman–Crippen LogP) is 2.74. The molecule has 3 unspecified atom stereocenters. The Balaban J connectivity index is 2.39. The third-order valence-corrected chi connectivity index (χ3v) is 5.60. The van der Waals surface area contributed by atoms with Crippen molar-refractivity contribution < 1.29 is 9.90 Å². The van der Waals surface area contributed by atoms with Gasteiger partial charge in [-0.05, 0) is 36.9 Å². The van der Waals surface area contributed by atoms with Crippen molar-refractivity contribution in [3.05, 3.63) is 0 Å². The zero-order chi connectivity index (χ0) is 13.1. The lowest BCUT2D eigenvalue weighted by Gasteiger charge is -2.27. The minimum absolute atomic E-state index is 0.159. The lowest BCUT2D eigenvalue weighted by atomic mass is 9.86. The quantitative estimate of drug-likeness (QED) is 0.770. The van der Waals surface area contributed by atoms with E-state index in [1.807, 2.05) is 11.8 Å². The summed E-state index contributed by atoms with van der Waals surface area (Å²) in [6.07, 6.45) is 3.50. The fraction of sp³-hybridized carbons (Fsp3) is 0.923. The van der Waals surface area contributed by atoms with Crippen LogP contribution < -0.4 is 5.73 Å². The van der Waals surface area contributed by atoms with Crippen LogP contribution in [0, 0.1) is 11.8 Å². The third-order valence-electron chi connectivity index (χ3n) is 4.06. The average molecular weight is 259 g/mol. The number of rotatable bonds is 6. The van der Waals surface area contributed by atoms with Gasteiger partial charge in [0, 0.05) is 5.25 Å². The fourth-order valence-corrected chi connectivity index (χ4v) is 3.55. The summed E-state index contributed by atoms with van der Waals surface area (Å²) in [5.74, 6) is 1.04. The van der Waals surface area contributed by atoms with Crippen molar-refractivity contribution in [2.45, 2.75) is 57.2 Å². The number of nitrogens with two attached hydrogens (primary N) is 1. The molecule has 0 aromatic heterocycles. The van der Waals surface area contributed by atoms with Gasteiger partial charge in [0.1, 0.15) is 5.54 Å². The molecule has 1 saturated carbocycles. The van der Waals surface area contributed by atoms with Crippen LogP contribution in [0.4, 0.5) is 0 Å². The number of carboxylic acids is 1. The highest BCUT2D eigenvalue weighted by Crippen LogP contribution is 2.37. The number of carboxylic acid groups (broad SMARTS) is 1. The van der Waals surface area contributed by atoms with Crippen molar-refractivity contribution in [2.24, 2.45) is 17.6 Å². The molecule has 3 N–H and O–H groups in total. The van der Waals surface area contributed by atoms with Gasteiger partial charge in [-0.25, -0.2) is 0 Å². The van der Waals surface area contributed by atoms with E-state index in [-0.39, 0.29) is 5.92 Å². The molecule has 0 aromatic carbocycles. The molecule has 0 spiro atoms. The topological polar surface area (TPSA) is 63.3 Å². The van der Waals surface area contributed by atoms with Gasteiger partial charge in [0.2, 0.25) is 0 Å². The predicted molar refractivity (Wildman–Crippen MR) is 73.3 cm³/mol. The Morgan fingerprint density at radius 3 is 2.71 bits per heavy atom. The van der Waals surface area contributed by atoms with Gasteiger partial charge < -0.3 is 10.8 Å². The van der Waals surface area contributed by atoms with Crippen LogP contribution in [0.15, 0.2) is 0 Å². The van der Waals surface area contributed by atoms with Gasteiger partial charge in [0.25, 0.3) is 0 Å². The molecule has 1 fully saturated rings. The molecule has 0 aromatic rings. The summed E-state index contributed by atoms with van der Waals surface area (Å²) in [7, 11) is 0. The second kappa shape index (κ2) is 6.10. The highest BCUT2D eigenvalue weighted by Gasteiger charge is 2.45. The van der Waals surface area contributed by atoms with Crippen molar-refractivity contribution in [2.75, 3.05) is 5.75 Å². The molecule has 0 radical (unpaired) electrons. The van der Waals surface area contributed by atoms with Crippen molar-refractivity contribution >= 4 is 17.7 Å². The van der Waals surface area contributed by atoms with Crippen LogP contribution in [-0.4, -0.2) is 27.6 Å². The maximum atomic E-state index is 11.2. The molecule has 1 rings (SSSR count). The summed E-state index contributed by atoms with van der Waals surface area (Å²) in [4.78, 5) is 11.2. The van der Waals surface area contributed by atoms with Crippen molar-refractivity contribution in [3.63, 3.8) is 0 Å². The van der Waals surface area contributed by atoms with Crippen LogP contribution in [0.2, 0.25) is 0 Å². The highest BCUT2D eigenvalue weighted by molar-refractivity contribution is 7.99. The minimum atomic E-state index is -0.957. The molecule has 4 heteroatoms. The number of aliphatic carboxylic acids is 1. The van der Waals surface area contributed by atoms with E-state index in [4.69, 9.17) is 5.73 Å².